The van der Waals surface area contributed by atoms with Crippen molar-refractivity contribution in [1.29, 1.82) is 0 Å². The Morgan fingerprint density at radius 3 is 1.96 bits per heavy atom. The quantitative estimate of drug-likeness (QED) is 0.324. The van der Waals surface area contributed by atoms with Gasteiger partial charge in [-0.1, -0.05) is 143 Å². The zero-order valence-electron chi connectivity index (χ0n) is 20.5. The third-order valence-electron chi connectivity index (χ3n) is 7.94. The minimum atomic E-state index is 0.617. The molecule has 1 fully saturated rings. The van der Waals surface area contributed by atoms with Gasteiger partial charge in [-0.25, -0.2) is 0 Å². The Balaban J connectivity index is 2.35. The fourth-order valence-electron chi connectivity index (χ4n) is 5.40. The molecule has 1 aliphatic carbocycles. The van der Waals surface area contributed by atoms with Gasteiger partial charge in [0, 0.05) is 0 Å². The van der Waals surface area contributed by atoms with Crippen molar-refractivity contribution in [3.63, 3.8) is 0 Å². The lowest BCUT2D eigenvalue weighted by Gasteiger charge is -2.31. The summed E-state index contributed by atoms with van der Waals surface area (Å²) in [5, 5.41) is 0. The van der Waals surface area contributed by atoms with Crippen molar-refractivity contribution in [3.8, 4) is 0 Å². The summed E-state index contributed by atoms with van der Waals surface area (Å²) in [6, 6.07) is 0. The van der Waals surface area contributed by atoms with E-state index in [1.807, 2.05) is 0 Å². The van der Waals surface area contributed by atoms with Crippen molar-refractivity contribution in [2.24, 2.45) is 17.3 Å². The van der Waals surface area contributed by atoms with Crippen molar-refractivity contribution >= 4 is 0 Å². The molecule has 0 spiro atoms. The van der Waals surface area contributed by atoms with Gasteiger partial charge in [0.1, 0.15) is 0 Å². The monoisotopic (exact) mass is 392 g/mol. The molecule has 0 aromatic heterocycles. The molecule has 0 amide bonds. The van der Waals surface area contributed by atoms with Crippen LogP contribution in [0, 0.1) is 17.3 Å². The SMILES string of the molecule is CCCCCCCCCCC1CCCCCCCCC(C)(CC)CCC(C)C1. The average molecular weight is 393 g/mol. The van der Waals surface area contributed by atoms with Gasteiger partial charge in [-0.05, 0) is 36.5 Å². The van der Waals surface area contributed by atoms with Gasteiger partial charge in [0.15, 0.2) is 0 Å². The van der Waals surface area contributed by atoms with E-state index in [0.717, 1.165) is 11.8 Å². The Bertz CT molecular complexity index is 333. The molecule has 168 valence electrons. The summed E-state index contributed by atoms with van der Waals surface area (Å²) in [6.45, 7) is 9.88. The smallest absolute Gasteiger partial charge is 0.0328 e. The van der Waals surface area contributed by atoms with Crippen LogP contribution in [0.5, 0.6) is 0 Å². The Hall–Kier alpha value is 0. The van der Waals surface area contributed by atoms with Crippen LogP contribution >= 0.6 is 0 Å². The van der Waals surface area contributed by atoms with Gasteiger partial charge in [0.05, 0.1) is 0 Å². The summed E-state index contributed by atoms with van der Waals surface area (Å²) in [7, 11) is 0. The maximum Gasteiger partial charge on any atom is -0.0328 e. The predicted molar refractivity (Wildman–Crippen MR) is 129 cm³/mol. The lowest BCUT2D eigenvalue weighted by molar-refractivity contribution is 0.214. The first kappa shape index (κ1) is 26.0. The highest BCUT2D eigenvalue weighted by atomic mass is 14.3. The first-order valence-corrected chi connectivity index (χ1v) is 13.6. The second kappa shape index (κ2) is 16.8. The minimum Gasteiger partial charge on any atom is -0.0654 e. The van der Waals surface area contributed by atoms with Crippen LogP contribution in [0.3, 0.4) is 0 Å². The van der Waals surface area contributed by atoms with Gasteiger partial charge in [-0.15, -0.1) is 0 Å². The Kier molecular flexibility index (Phi) is 15.6. The van der Waals surface area contributed by atoms with Crippen molar-refractivity contribution in [2.75, 3.05) is 0 Å². The summed E-state index contributed by atoms with van der Waals surface area (Å²) in [5.74, 6) is 1.96. The van der Waals surface area contributed by atoms with E-state index in [1.54, 1.807) is 0 Å². The highest BCUT2D eigenvalue weighted by Gasteiger charge is 2.23. The Morgan fingerprint density at radius 2 is 1.29 bits per heavy atom. The Labute approximate surface area is 180 Å². The van der Waals surface area contributed by atoms with Gasteiger partial charge in [-0.3, -0.25) is 0 Å². The van der Waals surface area contributed by atoms with Crippen LogP contribution in [-0.4, -0.2) is 0 Å². The average Bonchev–Trinajstić information content (AvgIpc) is 2.69. The fraction of sp³-hybridized carbons (Fsp3) is 1.00. The lowest BCUT2D eigenvalue weighted by atomic mass is 9.75. The van der Waals surface area contributed by atoms with Crippen LogP contribution in [0.1, 0.15) is 163 Å². The second-order valence-electron chi connectivity index (χ2n) is 10.8. The van der Waals surface area contributed by atoms with E-state index in [9.17, 15) is 0 Å². The predicted octanol–water partition coefficient (Wildman–Crippen LogP) is 10.5. The lowest BCUT2D eigenvalue weighted by Crippen LogP contribution is -2.17. The maximum absolute atomic E-state index is 2.57. The summed E-state index contributed by atoms with van der Waals surface area (Å²) in [4.78, 5) is 0. The standard InChI is InChI=1S/C28H56/c1-5-7-8-9-10-11-14-17-20-27-21-18-15-12-13-16-19-23-28(4,6-2)24-22-26(3)25-27/h26-27H,5-25H2,1-4H3. The minimum absolute atomic E-state index is 0.617. The third kappa shape index (κ3) is 13.3. The van der Waals surface area contributed by atoms with E-state index >= 15 is 0 Å². The van der Waals surface area contributed by atoms with Crippen molar-refractivity contribution in [2.45, 2.75) is 163 Å². The number of unbranched alkanes of at least 4 members (excludes halogenated alkanes) is 7. The maximum atomic E-state index is 2.57. The normalized spacial score (nSPS) is 28.7. The zero-order chi connectivity index (χ0) is 20.5. The Morgan fingerprint density at radius 1 is 0.679 bits per heavy atom. The van der Waals surface area contributed by atoms with Gasteiger partial charge in [0.25, 0.3) is 0 Å². The molecular weight excluding hydrogens is 336 g/mol. The zero-order valence-corrected chi connectivity index (χ0v) is 20.5. The molecule has 28 heavy (non-hydrogen) atoms. The number of hydrogen-bond donors (Lipinski definition) is 0. The van der Waals surface area contributed by atoms with Crippen LogP contribution in [0.4, 0.5) is 0 Å². The van der Waals surface area contributed by atoms with Gasteiger partial charge in [-0.2, -0.15) is 0 Å². The number of hydrogen-bond acceptors (Lipinski definition) is 0. The molecule has 3 atom stereocenters. The molecule has 0 heterocycles. The molecule has 0 nitrogen and oxygen atoms in total. The number of rotatable bonds is 10. The van der Waals surface area contributed by atoms with Crippen LogP contribution in [0.25, 0.3) is 0 Å². The van der Waals surface area contributed by atoms with Crippen molar-refractivity contribution in [3.05, 3.63) is 0 Å². The summed E-state index contributed by atoms with van der Waals surface area (Å²) in [6.07, 6.45) is 31.0. The topological polar surface area (TPSA) is 0 Å². The molecule has 1 aliphatic rings. The largest absolute Gasteiger partial charge is 0.0654 e. The van der Waals surface area contributed by atoms with E-state index in [0.29, 0.717) is 5.41 Å². The molecule has 0 N–H and O–H groups in total. The molecule has 0 heteroatoms. The van der Waals surface area contributed by atoms with E-state index in [2.05, 4.69) is 27.7 Å². The second-order valence-corrected chi connectivity index (χ2v) is 10.8. The summed E-state index contributed by atoms with van der Waals surface area (Å²) in [5.41, 5.74) is 0.617. The van der Waals surface area contributed by atoms with Crippen LogP contribution in [-0.2, 0) is 0 Å². The van der Waals surface area contributed by atoms with E-state index < -0.39 is 0 Å². The van der Waals surface area contributed by atoms with Gasteiger partial charge in [0.2, 0.25) is 0 Å². The molecule has 0 saturated heterocycles. The van der Waals surface area contributed by atoms with Gasteiger partial charge < -0.3 is 0 Å². The first-order chi connectivity index (χ1) is 13.6. The summed E-state index contributed by atoms with van der Waals surface area (Å²) >= 11 is 0. The molecule has 0 aliphatic heterocycles. The van der Waals surface area contributed by atoms with E-state index in [1.165, 1.54) is 135 Å². The first-order valence-electron chi connectivity index (χ1n) is 13.6. The van der Waals surface area contributed by atoms with Crippen LogP contribution < -0.4 is 0 Å². The summed E-state index contributed by atoms with van der Waals surface area (Å²) < 4.78 is 0. The molecule has 0 radical (unpaired) electrons. The van der Waals surface area contributed by atoms with Gasteiger partial charge >= 0.3 is 0 Å². The van der Waals surface area contributed by atoms with E-state index in [-0.39, 0.29) is 0 Å². The highest BCUT2D eigenvalue weighted by molar-refractivity contribution is 4.75. The fourth-order valence-corrected chi connectivity index (χ4v) is 5.40. The molecular formula is C28H56. The van der Waals surface area contributed by atoms with E-state index in [4.69, 9.17) is 0 Å². The molecule has 1 rings (SSSR count). The third-order valence-corrected chi connectivity index (χ3v) is 7.94. The molecule has 3 unspecified atom stereocenters. The highest BCUT2D eigenvalue weighted by Crippen LogP contribution is 2.37. The molecule has 1 saturated carbocycles. The molecule has 0 aromatic carbocycles. The molecule has 0 bridgehead atoms. The van der Waals surface area contributed by atoms with Crippen molar-refractivity contribution in [1.82, 2.24) is 0 Å². The molecule has 0 aromatic rings. The van der Waals surface area contributed by atoms with Crippen LogP contribution in [0.2, 0.25) is 0 Å². The van der Waals surface area contributed by atoms with Crippen LogP contribution in [0.15, 0.2) is 0 Å². The van der Waals surface area contributed by atoms with Crippen molar-refractivity contribution < 1.29 is 0 Å².